The smallest absolute Gasteiger partial charge is 0.320 e. The molecule has 2 N–H and O–H groups in total. The molecule has 1 saturated heterocycles. The highest BCUT2D eigenvalue weighted by Gasteiger charge is 2.16. The molecule has 0 radical (unpaired) electrons. The maximum absolute atomic E-state index is 11.5. The van der Waals surface area contributed by atoms with Crippen molar-refractivity contribution in [3.05, 3.63) is 18.3 Å². The van der Waals surface area contributed by atoms with E-state index in [0.29, 0.717) is 13.2 Å². The minimum absolute atomic E-state index is 0.239. The van der Waals surface area contributed by atoms with Crippen LogP contribution in [0.25, 0.3) is 0 Å². The quantitative estimate of drug-likeness (QED) is 0.771. The van der Waals surface area contributed by atoms with Crippen LogP contribution in [-0.2, 0) is 19.6 Å². The number of hydrogen-bond acceptors (Lipinski definition) is 6. The molecule has 9 heteroatoms. The largest absolute Gasteiger partial charge is 0.480 e. The number of morpholine rings is 1. The van der Waals surface area contributed by atoms with Crippen molar-refractivity contribution in [2.24, 2.45) is 0 Å². The number of pyridine rings is 1. The van der Waals surface area contributed by atoms with E-state index in [-0.39, 0.29) is 5.69 Å². The molecule has 0 spiro atoms. The summed E-state index contributed by atoms with van der Waals surface area (Å²) in [5.74, 6) is -1.65. The Labute approximate surface area is 116 Å². The molecule has 2 heterocycles. The van der Waals surface area contributed by atoms with Crippen LogP contribution in [0.4, 0.5) is 11.5 Å². The number of rotatable bonds is 5. The Morgan fingerprint density at radius 2 is 2.10 bits per heavy atom. The second-order valence-electron chi connectivity index (χ2n) is 4.26. The number of aliphatic carboxylic acids is 1. The van der Waals surface area contributed by atoms with Gasteiger partial charge in [-0.3, -0.25) is 9.52 Å². The molecule has 1 aliphatic heterocycles. The van der Waals surface area contributed by atoms with Gasteiger partial charge in [-0.05, 0) is 12.1 Å². The fraction of sp³-hybridized carbons (Fsp3) is 0.455. The zero-order valence-electron chi connectivity index (χ0n) is 10.7. The van der Waals surface area contributed by atoms with Crippen LogP contribution < -0.4 is 9.62 Å². The Hall–Kier alpha value is -1.87. The zero-order chi connectivity index (χ0) is 14.6. The van der Waals surface area contributed by atoms with Crippen LogP contribution in [0.5, 0.6) is 0 Å². The average Bonchev–Trinajstić information content (AvgIpc) is 2.38. The molecule has 0 saturated carbocycles. The lowest BCUT2D eigenvalue weighted by atomic mass is 10.3. The predicted octanol–water partition coefficient (Wildman–Crippen LogP) is -0.255. The van der Waals surface area contributed by atoms with Crippen LogP contribution in [0.3, 0.4) is 0 Å². The normalized spacial score (nSPS) is 15.9. The highest BCUT2D eigenvalue weighted by molar-refractivity contribution is 7.93. The van der Waals surface area contributed by atoms with Crippen LogP contribution in [-0.4, -0.2) is 56.5 Å². The predicted molar refractivity (Wildman–Crippen MR) is 72.3 cm³/mol. The average molecular weight is 301 g/mol. The third-order valence-corrected chi connectivity index (χ3v) is 3.84. The van der Waals surface area contributed by atoms with Gasteiger partial charge in [-0.25, -0.2) is 13.4 Å². The maximum Gasteiger partial charge on any atom is 0.320 e. The summed E-state index contributed by atoms with van der Waals surface area (Å²) in [6.07, 6.45) is 1.37. The second kappa shape index (κ2) is 6.06. The van der Waals surface area contributed by atoms with E-state index < -0.39 is 21.7 Å². The second-order valence-corrected chi connectivity index (χ2v) is 5.98. The Balaban J connectivity index is 2.02. The number of aromatic nitrogens is 1. The first-order valence-corrected chi connectivity index (χ1v) is 7.62. The third-order valence-electron chi connectivity index (χ3n) is 2.67. The SMILES string of the molecule is O=C(O)CS(=O)(=O)Nc1ccc(N2CCOCC2)nc1. The highest BCUT2D eigenvalue weighted by atomic mass is 32.2. The van der Waals surface area contributed by atoms with Crippen LogP contribution >= 0.6 is 0 Å². The number of nitrogens with one attached hydrogen (secondary N) is 1. The van der Waals surface area contributed by atoms with Gasteiger partial charge in [-0.2, -0.15) is 0 Å². The minimum atomic E-state index is -3.89. The van der Waals surface area contributed by atoms with E-state index >= 15 is 0 Å². The molecule has 2 rings (SSSR count). The molecular weight excluding hydrogens is 286 g/mol. The van der Waals surface area contributed by atoms with E-state index in [2.05, 4.69) is 9.71 Å². The molecule has 1 aromatic rings. The summed E-state index contributed by atoms with van der Waals surface area (Å²) in [7, 11) is -3.89. The number of carboxylic acids is 1. The van der Waals surface area contributed by atoms with Gasteiger partial charge in [0.2, 0.25) is 10.0 Å². The summed E-state index contributed by atoms with van der Waals surface area (Å²) in [4.78, 5) is 16.6. The fourth-order valence-electron chi connectivity index (χ4n) is 1.80. The van der Waals surface area contributed by atoms with Crippen LogP contribution in [0.1, 0.15) is 0 Å². The Morgan fingerprint density at radius 1 is 1.40 bits per heavy atom. The maximum atomic E-state index is 11.5. The van der Waals surface area contributed by atoms with E-state index in [1.165, 1.54) is 6.20 Å². The van der Waals surface area contributed by atoms with Gasteiger partial charge >= 0.3 is 5.97 Å². The van der Waals surface area contributed by atoms with Gasteiger partial charge in [0, 0.05) is 13.1 Å². The topological polar surface area (TPSA) is 109 Å². The van der Waals surface area contributed by atoms with Gasteiger partial charge in [-0.15, -0.1) is 0 Å². The molecule has 110 valence electrons. The van der Waals surface area contributed by atoms with Crippen LogP contribution in [0.15, 0.2) is 18.3 Å². The van der Waals surface area contributed by atoms with Gasteiger partial charge in [0.1, 0.15) is 5.82 Å². The van der Waals surface area contributed by atoms with E-state index in [1.807, 2.05) is 4.90 Å². The number of anilines is 2. The number of carboxylic acid groups (broad SMARTS) is 1. The number of ether oxygens (including phenoxy) is 1. The van der Waals surface area contributed by atoms with Crippen molar-refractivity contribution in [2.75, 3.05) is 41.7 Å². The van der Waals surface area contributed by atoms with Crippen molar-refractivity contribution in [1.82, 2.24) is 4.98 Å². The summed E-state index contributed by atoms with van der Waals surface area (Å²) in [6, 6.07) is 3.24. The first-order valence-electron chi connectivity index (χ1n) is 5.97. The van der Waals surface area contributed by atoms with Gasteiger partial charge in [0.15, 0.2) is 5.75 Å². The van der Waals surface area contributed by atoms with Crippen molar-refractivity contribution >= 4 is 27.5 Å². The van der Waals surface area contributed by atoms with Gasteiger partial charge in [-0.1, -0.05) is 0 Å². The van der Waals surface area contributed by atoms with Gasteiger partial charge < -0.3 is 14.7 Å². The molecule has 1 fully saturated rings. The Bertz CT molecular complexity index is 566. The molecule has 0 aromatic carbocycles. The molecular formula is C11H15N3O5S. The van der Waals surface area contributed by atoms with Crippen LogP contribution in [0, 0.1) is 0 Å². The lowest BCUT2D eigenvalue weighted by molar-refractivity contribution is -0.134. The molecule has 1 aromatic heterocycles. The van der Waals surface area contributed by atoms with E-state index in [0.717, 1.165) is 18.9 Å². The molecule has 0 aliphatic carbocycles. The number of hydrogen-bond donors (Lipinski definition) is 2. The highest BCUT2D eigenvalue weighted by Crippen LogP contribution is 2.16. The fourth-order valence-corrected chi connectivity index (χ4v) is 2.68. The summed E-state index contributed by atoms with van der Waals surface area (Å²) >= 11 is 0. The third kappa shape index (κ3) is 4.07. The Morgan fingerprint density at radius 3 is 2.65 bits per heavy atom. The minimum Gasteiger partial charge on any atom is -0.480 e. The lowest BCUT2D eigenvalue weighted by Gasteiger charge is -2.27. The molecule has 0 atom stereocenters. The van der Waals surface area contributed by atoms with E-state index in [4.69, 9.17) is 9.84 Å². The van der Waals surface area contributed by atoms with E-state index in [9.17, 15) is 13.2 Å². The lowest BCUT2D eigenvalue weighted by Crippen LogP contribution is -2.36. The summed E-state index contributed by atoms with van der Waals surface area (Å²) in [5.41, 5.74) is 0.239. The summed E-state index contributed by atoms with van der Waals surface area (Å²) in [6.45, 7) is 2.73. The first kappa shape index (κ1) is 14.5. The Kier molecular flexibility index (Phi) is 4.40. The van der Waals surface area contributed by atoms with Crippen molar-refractivity contribution in [2.45, 2.75) is 0 Å². The summed E-state index contributed by atoms with van der Waals surface area (Å²) < 4.78 is 30.3. The molecule has 8 nitrogen and oxygen atoms in total. The van der Waals surface area contributed by atoms with E-state index in [1.54, 1.807) is 12.1 Å². The van der Waals surface area contributed by atoms with Crippen LogP contribution in [0.2, 0.25) is 0 Å². The van der Waals surface area contributed by atoms with Gasteiger partial charge in [0.05, 0.1) is 25.1 Å². The van der Waals surface area contributed by atoms with Gasteiger partial charge in [0.25, 0.3) is 0 Å². The molecule has 20 heavy (non-hydrogen) atoms. The number of carbonyl (C=O) groups is 1. The molecule has 1 aliphatic rings. The van der Waals surface area contributed by atoms with Crippen molar-refractivity contribution in [1.29, 1.82) is 0 Å². The standard InChI is InChI=1S/C11H15N3O5S/c15-11(16)8-20(17,18)13-9-1-2-10(12-7-9)14-3-5-19-6-4-14/h1-2,7,13H,3-6,8H2,(H,15,16). The molecule has 0 bridgehead atoms. The monoisotopic (exact) mass is 301 g/mol. The zero-order valence-corrected chi connectivity index (χ0v) is 11.5. The number of nitrogens with zero attached hydrogens (tertiary/aromatic N) is 2. The summed E-state index contributed by atoms with van der Waals surface area (Å²) in [5, 5.41) is 8.49. The number of sulfonamides is 1. The van der Waals surface area contributed by atoms with Crippen molar-refractivity contribution in [3.8, 4) is 0 Å². The van der Waals surface area contributed by atoms with Crippen molar-refractivity contribution < 1.29 is 23.1 Å². The molecule has 0 unspecified atom stereocenters. The molecule has 0 amide bonds. The van der Waals surface area contributed by atoms with Crippen molar-refractivity contribution in [3.63, 3.8) is 0 Å². The first-order chi connectivity index (χ1) is 9.46.